The van der Waals surface area contributed by atoms with E-state index in [-0.39, 0.29) is 18.0 Å². The van der Waals surface area contributed by atoms with Crippen molar-refractivity contribution in [3.05, 3.63) is 52.0 Å². The number of nitrogens with zero attached hydrogens (tertiary/aromatic N) is 1. The molecule has 2 aromatic carbocycles. The summed E-state index contributed by atoms with van der Waals surface area (Å²) < 4.78 is 16.4. The van der Waals surface area contributed by atoms with Crippen LogP contribution in [0.25, 0.3) is 0 Å². The minimum Gasteiger partial charge on any atom is -0.493 e. The molecule has 0 radical (unpaired) electrons. The number of halogens is 1. The highest BCUT2D eigenvalue weighted by atomic mass is 79.9. The van der Waals surface area contributed by atoms with Gasteiger partial charge in [-0.25, -0.2) is 4.79 Å². The van der Waals surface area contributed by atoms with Crippen LogP contribution in [0.4, 0.5) is 5.69 Å². The lowest BCUT2D eigenvalue weighted by molar-refractivity contribution is -0.136. The molecule has 0 fully saturated rings. The second kappa shape index (κ2) is 11.4. The van der Waals surface area contributed by atoms with Crippen LogP contribution in [-0.4, -0.2) is 56.6 Å². The fraction of sp³-hybridized carbons (Fsp3) is 0.318. The van der Waals surface area contributed by atoms with E-state index in [0.717, 1.165) is 5.56 Å². The van der Waals surface area contributed by atoms with E-state index in [9.17, 15) is 14.4 Å². The number of methoxy groups -OCH3 is 1. The lowest BCUT2D eigenvalue weighted by Crippen LogP contribution is -2.37. The molecule has 2 amide bonds. The number of rotatable bonds is 9. The molecular weight excluding hydrogens is 468 g/mol. The third-order valence-electron chi connectivity index (χ3n) is 4.22. The van der Waals surface area contributed by atoms with Gasteiger partial charge < -0.3 is 24.4 Å². The summed E-state index contributed by atoms with van der Waals surface area (Å²) in [5, 5.41) is 2.71. The van der Waals surface area contributed by atoms with Gasteiger partial charge in [-0.3, -0.25) is 9.59 Å². The van der Waals surface area contributed by atoms with Gasteiger partial charge >= 0.3 is 5.97 Å². The first-order valence-corrected chi connectivity index (χ1v) is 10.3. The summed E-state index contributed by atoms with van der Waals surface area (Å²) in [6.07, 6.45) is 0. The molecule has 0 spiro atoms. The second-order valence-corrected chi connectivity index (χ2v) is 7.52. The zero-order chi connectivity index (χ0) is 23.0. The molecule has 0 saturated heterocycles. The topological polar surface area (TPSA) is 94.2 Å². The highest BCUT2D eigenvalue weighted by Gasteiger charge is 2.19. The van der Waals surface area contributed by atoms with E-state index in [2.05, 4.69) is 21.2 Å². The number of amides is 2. The standard InChI is InChI=1S/C22H25BrN2O6/c1-5-30-21-17(23)10-15(11-18(21)29-4)22(28)31-13-20(27)25(3)12-19(26)24-16-8-6-14(2)7-9-16/h6-11H,5,12-13H2,1-4H3,(H,24,26). The molecule has 2 rings (SSSR count). The average molecular weight is 493 g/mol. The Morgan fingerprint density at radius 1 is 1.13 bits per heavy atom. The van der Waals surface area contributed by atoms with E-state index in [4.69, 9.17) is 14.2 Å². The maximum Gasteiger partial charge on any atom is 0.338 e. The van der Waals surface area contributed by atoms with Crippen LogP contribution >= 0.6 is 15.9 Å². The number of esters is 1. The van der Waals surface area contributed by atoms with Crippen LogP contribution in [0.3, 0.4) is 0 Å². The molecule has 0 atom stereocenters. The summed E-state index contributed by atoms with van der Waals surface area (Å²) in [4.78, 5) is 37.9. The van der Waals surface area contributed by atoms with Crippen molar-refractivity contribution in [2.45, 2.75) is 13.8 Å². The maximum atomic E-state index is 12.4. The van der Waals surface area contributed by atoms with Crippen molar-refractivity contribution in [1.82, 2.24) is 4.90 Å². The molecule has 0 heterocycles. The first-order chi connectivity index (χ1) is 14.7. The van der Waals surface area contributed by atoms with Gasteiger partial charge in [-0.15, -0.1) is 0 Å². The normalized spacial score (nSPS) is 10.2. The van der Waals surface area contributed by atoms with Crippen LogP contribution in [0, 0.1) is 6.92 Å². The number of benzene rings is 2. The predicted molar refractivity (Wildman–Crippen MR) is 120 cm³/mol. The summed E-state index contributed by atoms with van der Waals surface area (Å²) in [7, 11) is 2.92. The summed E-state index contributed by atoms with van der Waals surface area (Å²) >= 11 is 3.34. The number of hydrogen-bond donors (Lipinski definition) is 1. The SMILES string of the molecule is CCOc1c(Br)cc(C(=O)OCC(=O)N(C)CC(=O)Nc2ccc(C)cc2)cc1OC. The van der Waals surface area contributed by atoms with E-state index >= 15 is 0 Å². The zero-order valence-corrected chi connectivity index (χ0v) is 19.4. The third kappa shape index (κ3) is 6.99. The minimum absolute atomic E-state index is 0.174. The molecule has 0 aliphatic rings. The number of carbonyl (C=O) groups excluding carboxylic acids is 3. The maximum absolute atomic E-state index is 12.4. The fourth-order valence-corrected chi connectivity index (χ4v) is 3.14. The molecular formula is C22H25BrN2O6. The molecule has 9 heteroatoms. The van der Waals surface area contributed by atoms with E-state index in [1.165, 1.54) is 31.2 Å². The van der Waals surface area contributed by atoms with Crippen molar-refractivity contribution in [1.29, 1.82) is 0 Å². The Morgan fingerprint density at radius 3 is 2.42 bits per heavy atom. The largest absolute Gasteiger partial charge is 0.493 e. The summed E-state index contributed by atoms with van der Waals surface area (Å²) in [5.74, 6) is -0.736. The molecule has 31 heavy (non-hydrogen) atoms. The van der Waals surface area contributed by atoms with Gasteiger partial charge in [-0.2, -0.15) is 0 Å². The van der Waals surface area contributed by atoms with Crippen LogP contribution in [0.5, 0.6) is 11.5 Å². The first-order valence-electron chi connectivity index (χ1n) is 9.53. The van der Waals surface area contributed by atoms with Gasteiger partial charge in [0.15, 0.2) is 18.1 Å². The van der Waals surface area contributed by atoms with Crippen molar-refractivity contribution in [2.75, 3.05) is 39.2 Å². The second-order valence-electron chi connectivity index (χ2n) is 6.66. The van der Waals surface area contributed by atoms with Crippen LogP contribution in [0.1, 0.15) is 22.8 Å². The Morgan fingerprint density at radius 2 is 1.81 bits per heavy atom. The van der Waals surface area contributed by atoms with Gasteiger partial charge in [-0.1, -0.05) is 17.7 Å². The fourth-order valence-electron chi connectivity index (χ4n) is 2.58. The van der Waals surface area contributed by atoms with Gasteiger partial charge in [-0.05, 0) is 54.0 Å². The van der Waals surface area contributed by atoms with Gasteiger partial charge in [0.1, 0.15) is 0 Å². The summed E-state index contributed by atoms with van der Waals surface area (Å²) in [6.45, 7) is 3.53. The molecule has 0 aliphatic carbocycles. The van der Waals surface area contributed by atoms with E-state index in [1.807, 2.05) is 26.0 Å². The van der Waals surface area contributed by atoms with E-state index in [0.29, 0.717) is 28.3 Å². The number of carbonyl (C=O) groups is 3. The van der Waals surface area contributed by atoms with Gasteiger partial charge in [0.25, 0.3) is 5.91 Å². The molecule has 0 aliphatic heterocycles. The molecule has 2 aromatic rings. The van der Waals surface area contributed by atoms with Gasteiger partial charge in [0.05, 0.1) is 30.3 Å². The quantitative estimate of drug-likeness (QED) is 0.539. The number of anilines is 1. The Hall–Kier alpha value is -3.07. The number of nitrogens with one attached hydrogen (secondary N) is 1. The van der Waals surface area contributed by atoms with Crippen molar-refractivity contribution in [3.63, 3.8) is 0 Å². The molecule has 0 bridgehead atoms. The van der Waals surface area contributed by atoms with Crippen molar-refractivity contribution < 1.29 is 28.6 Å². The van der Waals surface area contributed by atoms with E-state index in [1.54, 1.807) is 12.1 Å². The van der Waals surface area contributed by atoms with Crippen LogP contribution in [0.2, 0.25) is 0 Å². The number of likely N-dealkylation sites (N-methyl/N-ethyl adjacent to an activating group) is 1. The number of aryl methyl sites for hydroxylation is 1. The van der Waals surface area contributed by atoms with Crippen molar-refractivity contribution in [3.8, 4) is 11.5 Å². The Balaban J connectivity index is 1.90. The van der Waals surface area contributed by atoms with Crippen molar-refractivity contribution >= 4 is 39.4 Å². The average Bonchev–Trinajstić information content (AvgIpc) is 2.74. The molecule has 0 saturated carbocycles. The summed E-state index contributed by atoms with van der Waals surface area (Å²) in [5.41, 5.74) is 1.90. The van der Waals surface area contributed by atoms with Crippen LogP contribution in [0.15, 0.2) is 40.9 Å². The Labute approximate surface area is 189 Å². The van der Waals surface area contributed by atoms with Gasteiger partial charge in [0, 0.05) is 12.7 Å². The van der Waals surface area contributed by atoms with E-state index < -0.39 is 18.5 Å². The van der Waals surface area contributed by atoms with Crippen molar-refractivity contribution in [2.24, 2.45) is 0 Å². The van der Waals surface area contributed by atoms with Gasteiger partial charge in [0.2, 0.25) is 5.91 Å². The smallest absolute Gasteiger partial charge is 0.338 e. The third-order valence-corrected chi connectivity index (χ3v) is 4.81. The molecule has 8 nitrogen and oxygen atoms in total. The van der Waals surface area contributed by atoms with Crippen LogP contribution < -0.4 is 14.8 Å². The molecule has 166 valence electrons. The summed E-state index contributed by atoms with van der Waals surface area (Å²) in [6, 6.07) is 10.3. The molecule has 0 aromatic heterocycles. The number of ether oxygens (including phenoxy) is 3. The lowest BCUT2D eigenvalue weighted by atomic mass is 10.2. The Bertz CT molecular complexity index is 946. The lowest BCUT2D eigenvalue weighted by Gasteiger charge is -2.17. The highest BCUT2D eigenvalue weighted by molar-refractivity contribution is 9.10. The monoisotopic (exact) mass is 492 g/mol. The van der Waals surface area contributed by atoms with Crippen LogP contribution in [-0.2, 0) is 14.3 Å². The Kier molecular flexibility index (Phi) is 8.87. The minimum atomic E-state index is -0.701. The zero-order valence-electron chi connectivity index (χ0n) is 17.9. The highest BCUT2D eigenvalue weighted by Crippen LogP contribution is 2.36. The molecule has 1 N–H and O–H groups in total. The molecule has 0 unspecified atom stereocenters. The predicted octanol–water partition coefficient (Wildman–Crippen LogP) is 3.42. The first kappa shape index (κ1) is 24.2. The number of hydrogen-bond acceptors (Lipinski definition) is 6.